The van der Waals surface area contributed by atoms with Gasteiger partial charge in [-0.3, -0.25) is 14.4 Å². The van der Waals surface area contributed by atoms with E-state index in [2.05, 4.69) is 20.6 Å². The predicted molar refractivity (Wildman–Crippen MR) is 89.8 cm³/mol. The van der Waals surface area contributed by atoms with E-state index in [9.17, 15) is 4.79 Å². The maximum absolute atomic E-state index is 12.9. The Hall–Kier alpha value is -1.90. The SMILES string of the molecule is Cn1ccc(N2CCCC(Sc3nnnn3C3CCCC3)C2=O)n1. The van der Waals surface area contributed by atoms with E-state index in [0.29, 0.717) is 6.04 Å². The molecule has 1 saturated carbocycles. The molecule has 128 valence electrons. The van der Waals surface area contributed by atoms with Crippen molar-refractivity contribution in [1.82, 2.24) is 30.0 Å². The van der Waals surface area contributed by atoms with E-state index in [1.807, 2.05) is 24.0 Å². The summed E-state index contributed by atoms with van der Waals surface area (Å²) in [5, 5.41) is 17.2. The van der Waals surface area contributed by atoms with Crippen molar-refractivity contribution in [3.63, 3.8) is 0 Å². The Bertz CT molecular complexity index is 721. The number of aromatic nitrogens is 6. The van der Waals surface area contributed by atoms with Gasteiger partial charge >= 0.3 is 0 Å². The summed E-state index contributed by atoms with van der Waals surface area (Å²) in [7, 11) is 1.86. The summed E-state index contributed by atoms with van der Waals surface area (Å²) in [4.78, 5) is 14.7. The lowest BCUT2D eigenvalue weighted by Gasteiger charge is -2.30. The molecule has 1 amide bonds. The molecule has 1 saturated heterocycles. The molecular weight excluding hydrogens is 326 g/mol. The van der Waals surface area contributed by atoms with Crippen LogP contribution in [0.25, 0.3) is 0 Å². The van der Waals surface area contributed by atoms with Gasteiger partial charge in [-0.15, -0.1) is 5.10 Å². The van der Waals surface area contributed by atoms with Gasteiger partial charge in [0.2, 0.25) is 11.1 Å². The number of amides is 1. The number of aryl methyl sites for hydroxylation is 1. The molecule has 0 aromatic carbocycles. The third-order valence-electron chi connectivity index (χ3n) is 4.75. The van der Waals surface area contributed by atoms with Crippen LogP contribution in [0.2, 0.25) is 0 Å². The van der Waals surface area contributed by atoms with Crippen molar-refractivity contribution in [3.8, 4) is 0 Å². The summed E-state index contributed by atoms with van der Waals surface area (Å²) in [6.45, 7) is 0.723. The highest BCUT2D eigenvalue weighted by molar-refractivity contribution is 8.00. The second-order valence-corrected chi connectivity index (χ2v) is 7.60. The molecule has 0 N–H and O–H groups in total. The number of hydrogen-bond acceptors (Lipinski definition) is 6. The number of tetrazole rings is 1. The number of nitrogens with zero attached hydrogens (tertiary/aromatic N) is 7. The standard InChI is InChI=1S/C15H21N7OS/c1-20-10-8-13(17-20)21-9-4-7-12(14(21)23)24-15-16-18-19-22(15)11-5-2-3-6-11/h8,10-12H,2-7,9H2,1H3. The minimum Gasteiger partial charge on any atom is -0.294 e. The summed E-state index contributed by atoms with van der Waals surface area (Å²) in [5.74, 6) is 0.828. The first-order valence-corrected chi connectivity index (χ1v) is 9.36. The van der Waals surface area contributed by atoms with E-state index in [4.69, 9.17) is 0 Å². The van der Waals surface area contributed by atoms with Gasteiger partial charge in [-0.05, 0) is 36.1 Å². The van der Waals surface area contributed by atoms with E-state index in [1.165, 1.54) is 24.6 Å². The second-order valence-electron chi connectivity index (χ2n) is 6.43. The average molecular weight is 347 g/mol. The molecule has 24 heavy (non-hydrogen) atoms. The van der Waals surface area contributed by atoms with Gasteiger partial charge in [-0.2, -0.15) is 5.10 Å². The predicted octanol–water partition coefficient (Wildman–Crippen LogP) is 1.81. The van der Waals surface area contributed by atoms with Crippen molar-refractivity contribution >= 4 is 23.5 Å². The number of thioether (sulfide) groups is 1. The Morgan fingerprint density at radius 1 is 1.21 bits per heavy atom. The summed E-state index contributed by atoms with van der Waals surface area (Å²) >= 11 is 1.50. The Balaban J connectivity index is 1.50. The van der Waals surface area contributed by atoms with Crippen LogP contribution >= 0.6 is 11.8 Å². The number of piperidine rings is 1. The molecule has 3 heterocycles. The molecule has 0 radical (unpaired) electrons. The summed E-state index contributed by atoms with van der Waals surface area (Å²) in [6, 6.07) is 2.26. The van der Waals surface area contributed by atoms with E-state index in [1.54, 1.807) is 9.58 Å². The molecule has 9 heteroatoms. The van der Waals surface area contributed by atoms with Gasteiger partial charge in [0.1, 0.15) is 0 Å². The molecule has 2 aromatic rings. The molecular formula is C15H21N7OS. The fourth-order valence-corrected chi connectivity index (χ4v) is 4.64. The zero-order chi connectivity index (χ0) is 16.5. The van der Waals surface area contributed by atoms with Crippen LogP contribution in [0.1, 0.15) is 44.6 Å². The van der Waals surface area contributed by atoms with Crippen molar-refractivity contribution in [2.24, 2.45) is 7.05 Å². The molecule has 1 aliphatic heterocycles. The molecule has 2 fully saturated rings. The highest BCUT2D eigenvalue weighted by Gasteiger charge is 2.33. The van der Waals surface area contributed by atoms with Gasteiger partial charge in [-0.25, -0.2) is 4.68 Å². The summed E-state index contributed by atoms with van der Waals surface area (Å²) in [6.07, 6.45) is 8.37. The number of anilines is 1. The number of carbonyl (C=O) groups excluding carboxylic acids is 1. The van der Waals surface area contributed by atoms with Crippen molar-refractivity contribution in [3.05, 3.63) is 12.3 Å². The monoisotopic (exact) mass is 347 g/mol. The third-order valence-corrected chi connectivity index (χ3v) is 5.95. The van der Waals surface area contributed by atoms with E-state index >= 15 is 0 Å². The van der Waals surface area contributed by atoms with Gasteiger partial charge in [0.25, 0.3) is 0 Å². The summed E-state index contributed by atoms with van der Waals surface area (Å²) in [5.41, 5.74) is 0. The minimum absolute atomic E-state index is 0.103. The van der Waals surface area contributed by atoms with Crippen LogP contribution in [0.15, 0.2) is 17.4 Å². The quantitative estimate of drug-likeness (QED) is 0.839. The molecule has 0 bridgehead atoms. The van der Waals surface area contributed by atoms with Crippen molar-refractivity contribution < 1.29 is 4.79 Å². The number of hydrogen-bond donors (Lipinski definition) is 0. The highest BCUT2D eigenvalue weighted by Crippen LogP contribution is 2.35. The van der Waals surface area contributed by atoms with Crippen LogP contribution in [0.5, 0.6) is 0 Å². The molecule has 8 nitrogen and oxygen atoms in total. The second kappa shape index (κ2) is 6.54. The molecule has 4 rings (SSSR count). The fraction of sp³-hybridized carbons (Fsp3) is 0.667. The molecule has 1 unspecified atom stereocenters. The Morgan fingerprint density at radius 3 is 2.79 bits per heavy atom. The number of rotatable bonds is 4. The average Bonchev–Trinajstić information content (AvgIpc) is 3.30. The maximum Gasteiger partial charge on any atom is 0.241 e. The molecule has 1 atom stereocenters. The molecule has 0 spiro atoms. The topological polar surface area (TPSA) is 81.7 Å². The summed E-state index contributed by atoms with van der Waals surface area (Å²) < 4.78 is 3.64. The first-order valence-electron chi connectivity index (χ1n) is 8.48. The lowest BCUT2D eigenvalue weighted by atomic mass is 10.1. The van der Waals surface area contributed by atoms with Crippen LogP contribution in [-0.2, 0) is 11.8 Å². The van der Waals surface area contributed by atoms with Crippen LogP contribution in [-0.4, -0.2) is 47.7 Å². The van der Waals surface area contributed by atoms with Gasteiger partial charge in [0.15, 0.2) is 5.82 Å². The van der Waals surface area contributed by atoms with Crippen molar-refractivity contribution in [1.29, 1.82) is 0 Å². The fourth-order valence-electron chi connectivity index (χ4n) is 3.49. The smallest absolute Gasteiger partial charge is 0.241 e. The van der Waals surface area contributed by atoms with E-state index < -0.39 is 0 Å². The maximum atomic E-state index is 12.9. The van der Waals surface area contributed by atoms with Crippen LogP contribution < -0.4 is 4.90 Å². The van der Waals surface area contributed by atoms with Gasteiger partial charge in [0, 0.05) is 25.9 Å². The largest absolute Gasteiger partial charge is 0.294 e. The van der Waals surface area contributed by atoms with E-state index in [-0.39, 0.29) is 11.2 Å². The Morgan fingerprint density at radius 2 is 2.04 bits per heavy atom. The van der Waals surface area contributed by atoms with Gasteiger partial charge in [-0.1, -0.05) is 24.6 Å². The van der Waals surface area contributed by atoms with Crippen molar-refractivity contribution in [2.75, 3.05) is 11.4 Å². The lowest BCUT2D eigenvalue weighted by molar-refractivity contribution is -0.119. The Kier molecular flexibility index (Phi) is 4.26. The van der Waals surface area contributed by atoms with Crippen molar-refractivity contribution in [2.45, 2.75) is 55.0 Å². The first kappa shape index (κ1) is 15.6. The highest BCUT2D eigenvalue weighted by atomic mass is 32.2. The zero-order valence-electron chi connectivity index (χ0n) is 13.7. The normalized spacial score (nSPS) is 22.5. The first-order chi connectivity index (χ1) is 11.7. The van der Waals surface area contributed by atoms with Gasteiger partial charge < -0.3 is 0 Å². The molecule has 1 aliphatic carbocycles. The molecule has 2 aliphatic rings. The van der Waals surface area contributed by atoms with E-state index in [0.717, 1.165) is 43.2 Å². The van der Waals surface area contributed by atoms with Crippen LogP contribution in [0, 0.1) is 0 Å². The van der Waals surface area contributed by atoms with Crippen LogP contribution in [0.4, 0.5) is 5.82 Å². The minimum atomic E-state index is -0.146. The zero-order valence-corrected chi connectivity index (χ0v) is 14.5. The Labute approximate surface area is 144 Å². The number of carbonyl (C=O) groups is 1. The van der Waals surface area contributed by atoms with Gasteiger partial charge in [0.05, 0.1) is 11.3 Å². The van der Waals surface area contributed by atoms with Crippen LogP contribution in [0.3, 0.4) is 0 Å². The third kappa shape index (κ3) is 2.92. The lowest BCUT2D eigenvalue weighted by Crippen LogP contribution is -2.43. The molecule has 2 aromatic heterocycles.